The van der Waals surface area contributed by atoms with Crippen molar-refractivity contribution < 1.29 is 19.1 Å². The number of hydrogen-bond acceptors (Lipinski definition) is 4. The Hall–Kier alpha value is -3.15. The molecule has 2 aromatic rings. The molecule has 0 atom stereocenters. The number of hydrogen-bond donors (Lipinski definition) is 0. The van der Waals surface area contributed by atoms with Gasteiger partial charge in [0.1, 0.15) is 5.75 Å². The molecular weight excluding hydrogens is 320 g/mol. The minimum Gasteiger partial charge on any atom is -0.482 e. The van der Waals surface area contributed by atoms with Gasteiger partial charge in [0, 0.05) is 13.1 Å². The summed E-state index contributed by atoms with van der Waals surface area (Å²) in [4.78, 5) is 39.8. The Morgan fingerprint density at radius 2 is 1.40 bits per heavy atom. The Kier molecular flexibility index (Phi) is 3.72. The van der Waals surface area contributed by atoms with Gasteiger partial charge >= 0.3 is 0 Å². The van der Waals surface area contributed by atoms with Crippen molar-refractivity contribution in [3.05, 3.63) is 59.7 Å². The molecule has 126 valence electrons. The van der Waals surface area contributed by atoms with Gasteiger partial charge in [-0.2, -0.15) is 0 Å². The van der Waals surface area contributed by atoms with Crippen molar-refractivity contribution in [2.24, 2.45) is 0 Å². The van der Waals surface area contributed by atoms with Crippen molar-refractivity contribution >= 4 is 23.4 Å². The van der Waals surface area contributed by atoms with Crippen molar-refractivity contribution in [1.29, 1.82) is 0 Å². The summed E-state index contributed by atoms with van der Waals surface area (Å²) >= 11 is 0. The number of carbonyl (C=O) groups excluding carboxylic acids is 3. The van der Waals surface area contributed by atoms with Crippen molar-refractivity contribution in [3.63, 3.8) is 0 Å². The minimum absolute atomic E-state index is 0.00400. The van der Waals surface area contributed by atoms with Gasteiger partial charge in [-0.1, -0.05) is 24.3 Å². The molecule has 0 N–H and O–H groups in total. The summed E-state index contributed by atoms with van der Waals surface area (Å²) < 4.78 is 5.41. The van der Waals surface area contributed by atoms with Crippen molar-refractivity contribution in [3.8, 4) is 5.75 Å². The van der Waals surface area contributed by atoms with E-state index in [1.54, 1.807) is 29.2 Å². The zero-order valence-corrected chi connectivity index (χ0v) is 13.5. The summed E-state index contributed by atoms with van der Waals surface area (Å²) in [6.45, 7) is 0.704. The van der Waals surface area contributed by atoms with Crippen LogP contribution in [0.3, 0.4) is 0 Å². The largest absolute Gasteiger partial charge is 0.482 e. The van der Waals surface area contributed by atoms with Crippen LogP contribution < -0.4 is 9.64 Å². The standard InChI is InChI=1S/C19H16N2O4/c22-17-12-25-16-9-4-3-8-15(16)20(17)10-5-11-21-18(23)13-6-1-2-7-14(13)19(21)24/h1-4,6-9H,5,10-12H2. The van der Waals surface area contributed by atoms with E-state index in [1.807, 2.05) is 24.3 Å². The minimum atomic E-state index is -0.269. The molecule has 0 spiro atoms. The number of imide groups is 1. The van der Waals surface area contributed by atoms with Crippen LogP contribution in [0.1, 0.15) is 27.1 Å². The first-order valence-electron chi connectivity index (χ1n) is 8.14. The van der Waals surface area contributed by atoms with Gasteiger partial charge in [0.2, 0.25) is 0 Å². The zero-order valence-electron chi connectivity index (χ0n) is 13.5. The van der Waals surface area contributed by atoms with Crippen LogP contribution in [0.15, 0.2) is 48.5 Å². The summed E-state index contributed by atoms with van der Waals surface area (Å²) in [7, 11) is 0. The first-order valence-corrected chi connectivity index (χ1v) is 8.14. The second-order valence-electron chi connectivity index (χ2n) is 5.96. The predicted octanol–water partition coefficient (Wildman–Crippen LogP) is 2.10. The molecule has 0 aromatic heterocycles. The van der Waals surface area contributed by atoms with Gasteiger partial charge in [-0.05, 0) is 30.7 Å². The lowest BCUT2D eigenvalue weighted by Crippen LogP contribution is -2.41. The smallest absolute Gasteiger partial charge is 0.265 e. The molecule has 0 aliphatic carbocycles. The van der Waals surface area contributed by atoms with Crippen molar-refractivity contribution in [1.82, 2.24) is 4.90 Å². The number of fused-ring (bicyclic) bond motifs is 2. The molecule has 2 aliphatic heterocycles. The van der Waals surface area contributed by atoms with Crippen LogP contribution in [-0.2, 0) is 4.79 Å². The average Bonchev–Trinajstić information content (AvgIpc) is 2.88. The normalized spacial score (nSPS) is 15.9. The number of rotatable bonds is 4. The van der Waals surface area contributed by atoms with Gasteiger partial charge in [-0.25, -0.2) is 0 Å². The highest BCUT2D eigenvalue weighted by Crippen LogP contribution is 2.31. The summed E-state index contributed by atoms with van der Waals surface area (Å²) in [6, 6.07) is 14.2. The summed E-state index contributed by atoms with van der Waals surface area (Å²) in [5.41, 5.74) is 1.61. The van der Waals surface area contributed by atoms with Gasteiger partial charge < -0.3 is 9.64 Å². The molecule has 0 unspecified atom stereocenters. The fourth-order valence-electron chi connectivity index (χ4n) is 3.23. The number of benzene rings is 2. The number of nitrogens with zero attached hydrogens (tertiary/aromatic N) is 2. The lowest BCUT2D eigenvalue weighted by Gasteiger charge is -2.29. The topological polar surface area (TPSA) is 66.9 Å². The third-order valence-electron chi connectivity index (χ3n) is 4.45. The zero-order chi connectivity index (χ0) is 17.4. The molecule has 2 aliphatic rings. The van der Waals surface area contributed by atoms with Crippen LogP contribution in [0.25, 0.3) is 0 Å². The van der Waals surface area contributed by atoms with E-state index in [1.165, 1.54) is 4.90 Å². The van der Waals surface area contributed by atoms with Crippen LogP contribution >= 0.6 is 0 Å². The number of para-hydroxylation sites is 2. The molecule has 2 aromatic carbocycles. The van der Waals surface area contributed by atoms with E-state index >= 15 is 0 Å². The van der Waals surface area contributed by atoms with E-state index in [4.69, 9.17) is 4.74 Å². The molecule has 6 heteroatoms. The molecule has 0 saturated heterocycles. The van der Waals surface area contributed by atoms with Crippen LogP contribution in [0.2, 0.25) is 0 Å². The predicted molar refractivity (Wildman–Crippen MR) is 90.7 cm³/mol. The van der Waals surface area contributed by atoms with Crippen LogP contribution in [0.5, 0.6) is 5.75 Å². The Bertz CT molecular complexity index is 842. The second-order valence-corrected chi connectivity index (χ2v) is 5.96. The van der Waals surface area contributed by atoms with Crippen molar-refractivity contribution in [2.45, 2.75) is 6.42 Å². The van der Waals surface area contributed by atoms with E-state index in [0.717, 1.165) is 5.69 Å². The molecule has 3 amide bonds. The molecule has 0 saturated carbocycles. The monoisotopic (exact) mass is 336 g/mol. The molecule has 4 rings (SSSR count). The van der Waals surface area contributed by atoms with Gasteiger partial charge in [-0.3, -0.25) is 19.3 Å². The molecule has 2 heterocycles. The molecule has 25 heavy (non-hydrogen) atoms. The van der Waals surface area contributed by atoms with Crippen LogP contribution in [0.4, 0.5) is 5.69 Å². The Labute approximate surface area is 144 Å². The first kappa shape index (κ1) is 15.4. The maximum atomic E-state index is 12.4. The molecule has 0 bridgehead atoms. The van der Waals surface area contributed by atoms with E-state index in [9.17, 15) is 14.4 Å². The Morgan fingerprint density at radius 1 is 0.800 bits per heavy atom. The molecule has 0 fully saturated rings. The third kappa shape index (κ3) is 2.55. The number of amides is 3. The maximum absolute atomic E-state index is 12.4. The highest BCUT2D eigenvalue weighted by Gasteiger charge is 2.35. The Balaban J connectivity index is 1.45. The quantitative estimate of drug-likeness (QED) is 0.802. The van der Waals surface area contributed by atoms with Gasteiger partial charge in [0.05, 0.1) is 16.8 Å². The SMILES string of the molecule is O=C1c2ccccc2C(=O)N1CCCN1C(=O)COc2ccccc21. The van der Waals surface area contributed by atoms with E-state index in [2.05, 4.69) is 0 Å². The van der Waals surface area contributed by atoms with Gasteiger partial charge in [0.25, 0.3) is 17.7 Å². The molecule has 0 radical (unpaired) electrons. The summed E-state index contributed by atoms with van der Waals surface area (Å²) in [6.07, 6.45) is 0.505. The number of anilines is 1. The highest BCUT2D eigenvalue weighted by atomic mass is 16.5. The fourth-order valence-corrected chi connectivity index (χ4v) is 3.23. The highest BCUT2D eigenvalue weighted by molar-refractivity contribution is 6.21. The number of carbonyl (C=O) groups is 3. The van der Waals surface area contributed by atoms with E-state index in [-0.39, 0.29) is 30.9 Å². The van der Waals surface area contributed by atoms with Gasteiger partial charge in [0.15, 0.2) is 6.61 Å². The number of ether oxygens (including phenoxy) is 1. The van der Waals surface area contributed by atoms with Crippen LogP contribution in [0, 0.1) is 0 Å². The maximum Gasteiger partial charge on any atom is 0.265 e. The van der Waals surface area contributed by atoms with Crippen molar-refractivity contribution in [2.75, 3.05) is 24.6 Å². The second kappa shape index (κ2) is 6.05. The average molecular weight is 336 g/mol. The molecular formula is C19H16N2O4. The van der Waals surface area contributed by atoms with E-state index < -0.39 is 0 Å². The first-order chi connectivity index (χ1) is 12.2. The van der Waals surface area contributed by atoms with Gasteiger partial charge in [-0.15, -0.1) is 0 Å². The summed E-state index contributed by atoms with van der Waals surface area (Å²) in [5, 5.41) is 0. The van der Waals surface area contributed by atoms with E-state index in [0.29, 0.717) is 29.8 Å². The lowest BCUT2D eigenvalue weighted by molar-refractivity contribution is -0.121. The molecule has 6 nitrogen and oxygen atoms in total. The van der Waals surface area contributed by atoms with Crippen LogP contribution in [-0.4, -0.2) is 42.3 Å². The third-order valence-corrected chi connectivity index (χ3v) is 4.45. The summed E-state index contributed by atoms with van der Waals surface area (Å²) in [5.74, 6) is 0.00694. The fraction of sp³-hybridized carbons (Fsp3) is 0.211. The Morgan fingerprint density at radius 3 is 2.12 bits per heavy atom. The lowest BCUT2D eigenvalue weighted by atomic mass is 10.1.